The number of carbonyl (C=O) groups is 2. The van der Waals surface area contributed by atoms with E-state index in [1.807, 2.05) is 60.7 Å². The van der Waals surface area contributed by atoms with Gasteiger partial charge in [-0.15, -0.1) is 0 Å². The zero-order valence-electron chi connectivity index (χ0n) is 20.0. The maximum atomic E-state index is 11.6. The molecule has 3 atom stereocenters. The Labute approximate surface area is 211 Å². The van der Waals surface area contributed by atoms with Gasteiger partial charge in [0.1, 0.15) is 11.8 Å². The van der Waals surface area contributed by atoms with Crippen LogP contribution >= 0.6 is 0 Å². The van der Waals surface area contributed by atoms with Crippen LogP contribution in [-0.4, -0.2) is 41.3 Å². The molecule has 1 aliphatic heterocycles. The third-order valence-corrected chi connectivity index (χ3v) is 6.91. The first-order chi connectivity index (χ1) is 17.4. The number of ether oxygens (including phenoxy) is 1. The van der Waals surface area contributed by atoms with E-state index < -0.39 is 23.9 Å². The molecule has 0 aliphatic carbocycles. The van der Waals surface area contributed by atoms with Crippen molar-refractivity contribution in [3.63, 3.8) is 0 Å². The van der Waals surface area contributed by atoms with Crippen LogP contribution in [0.3, 0.4) is 0 Å². The van der Waals surface area contributed by atoms with E-state index >= 15 is 0 Å². The lowest BCUT2D eigenvalue weighted by Gasteiger charge is -2.22. The summed E-state index contributed by atoms with van der Waals surface area (Å²) in [5.41, 5.74) is 4.01. The number of carboxylic acids is 2. The van der Waals surface area contributed by atoms with Crippen LogP contribution in [0.2, 0.25) is 0 Å². The molecule has 3 N–H and O–H groups in total. The number of rotatable bonds is 11. The van der Waals surface area contributed by atoms with E-state index in [4.69, 9.17) is 4.74 Å². The zero-order valence-corrected chi connectivity index (χ0v) is 20.0. The highest BCUT2D eigenvalue weighted by molar-refractivity contribution is 5.78. The summed E-state index contributed by atoms with van der Waals surface area (Å²) >= 11 is 0. The van der Waals surface area contributed by atoms with Crippen molar-refractivity contribution in [3.05, 3.63) is 108 Å². The first-order valence-electron chi connectivity index (χ1n) is 12.1. The largest absolute Gasteiger partial charge is 0.494 e. The molecule has 186 valence electrons. The van der Waals surface area contributed by atoms with Crippen molar-refractivity contribution in [3.8, 4) is 5.75 Å². The van der Waals surface area contributed by atoms with E-state index in [1.165, 1.54) is 11.1 Å². The summed E-state index contributed by atoms with van der Waals surface area (Å²) in [5, 5.41) is 21.8. The van der Waals surface area contributed by atoms with Gasteiger partial charge >= 0.3 is 11.9 Å². The zero-order chi connectivity index (χ0) is 25.5. The molecular formula is C30H31NO5. The maximum absolute atomic E-state index is 11.6. The predicted octanol–water partition coefficient (Wildman–Crippen LogP) is 5.06. The van der Waals surface area contributed by atoms with Crippen LogP contribution in [0.1, 0.15) is 35.4 Å². The fourth-order valence-corrected chi connectivity index (χ4v) is 5.09. The Hall–Kier alpha value is -3.90. The SMILES string of the molecule is C=C(c1cccc(OCCC(c2ccccc2)c2ccccc2)c1)[C@H]1CN[C@@H](C(=O)O)[C@@H]1CC(=O)O. The first-order valence-corrected chi connectivity index (χ1v) is 12.1. The van der Waals surface area contributed by atoms with Crippen LogP contribution in [-0.2, 0) is 9.59 Å². The maximum Gasteiger partial charge on any atom is 0.321 e. The minimum absolute atomic E-state index is 0.208. The summed E-state index contributed by atoms with van der Waals surface area (Å²) in [5.74, 6) is -2.02. The average molecular weight is 486 g/mol. The molecule has 6 nitrogen and oxygen atoms in total. The molecule has 36 heavy (non-hydrogen) atoms. The Balaban J connectivity index is 1.45. The van der Waals surface area contributed by atoms with Crippen LogP contribution in [0, 0.1) is 11.8 Å². The lowest BCUT2D eigenvalue weighted by Crippen LogP contribution is -2.36. The number of hydrogen-bond donors (Lipinski definition) is 3. The van der Waals surface area contributed by atoms with Gasteiger partial charge in [0.05, 0.1) is 13.0 Å². The topological polar surface area (TPSA) is 95.9 Å². The quantitative estimate of drug-likeness (QED) is 0.351. The van der Waals surface area contributed by atoms with Crippen LogP contribution in [0.4, 0.5) is 0 Å². The number of aliphatic carboxylic acids is 2. The molecule has 0 aromatic heterocycles. The summed E-state index contributed by atoms with van der Waals surface area (Å²) in [6, 6.07) is 27.4. The van der Waals surface area contributed by atoms with Gasteiger partial charge in [0, 0.05) is 24.3 Å². The molecule has 1 saturated heterocycles. The summed E-state index contributed by atoms with van der Waals surface area (Å²) in [6.45, 7) is 5.09. The summed E-state index contributed by atoms with van der Waals surface area (Å²) in [7, 11) is 0. The summed E-state index contributed by atoms with van der Waals surface area (Å²) < 4.78 is 6.14. The van der Waals surface area contributed by atoms with E-state index in [2.05, 4.69) is 36.2 Å². The summed E-state index contributed by atoms with van der Waals surface area (Å²) in [4.78, 5) is 23.0. The molecule has 0 radical (unpaired) electrons. The van der Waals surface area contributed by atoms with E-state index in [0.717, 1.165) is 17.6 Å². The number of hydrogen-bond acceptors (Lipinski definition) is 4. The lowest BCUT2D eigenvalue weighted by atomic mass is 9.81. The molecule has 0 bridgehead atoms. The standard InChI is InChI=1S/C30H31NO5/c1-20(27-19-31-29(30(34)35)26(27)18-28(32)33)23-13-8-14-24(17-23)36-16-15-25(21-9-4-2-5-10-21)22-11-6-3-7-12-22/h2-14,17,25-27,29,31H,1,15-16,18-19H2,(H,32,33)(H,34,35)/t26-,27-,29-/m1/s1. The molecule has 1 aliphatic rings. The van der Waals surface area contributed by atoms with Crippen molar-refractivity contribution in [1.82, 2.24) is 5.32 Å². The van der Waals surface area contributed by atoms with E-state index in [9.17, 15) is 19.8 Å². The van der Waals surface area contributed by atoms with E-state index in [-0.39, 0.29) is 18.3 Å². The second-order valence-electron chi connectivity index (χ2n) is 9.16. The Bertz CT molecular complexity index is 1150. The van der Waals surface area contributed by atoms with Crippen molar-refractivity contribution < 1.29 is 24.5 Å². The average Bonchev–Trinajstić information content (AvgIpc) is 3.30. The smallest absolute Gasteiger partial charge is 0.321 e. The Morgan fingerprint density at radius 2 is 1.58 bits per heavy atom. The van der Waals surface area contributed by atoms with Gasteiger partial charge in [0.15, 0.2) is 0 Å². The lowest BCUT2D eigenvalue weighted by molar-refractivity contribution is -0.142. The van der Waals surface area contributed by atoms with Crippen molar-refractivity contribution in [2.75, 3.05) is 13.2 Å². The highest BCUT2D eigenvalue weighted by atomic mass is 16.5. The van der Waals surface area contributed by atoms with Gasteiger partial charge in [-0.2, -0.15) is 0 Å². The minimum atomic E-state index is -1.04. The Kier molecular flexibility index (Phi) is 8.18. The molecule has 1 heterocycles. The van der Waals surface area contributed by atoms with Crippen molar-refractivity contribution >= 4 is 17.5 Å². The van der Waals surface area contributed by atoms with Gasteiger partial charge in [0.25, 0.3) is 0 Å². The fourth-order valence-electron chi connectivity index (χ4n) is 5.09. The predicted molar refractivity (Wildman–Crippen MR) is 139 cm³/mol. The van der Waals surface area contributed by atoms with E-state index in [1.54, 1.807) is 0 Å². The van der Waals surface area contributed by atoms with Gasteiger partial charge in [-0.1, -0.05) is 79.4 Å². The van der Waals surface area contributed by atoms with Gasteiger partial charge in [0.2, 0.25) is 0 Å². The summed E-state index contributed by atoms with van der Waals surface area (Å²) in [6.07, 6.45) is 0.566. The third kappa shape index (κ3) is 6.01. The molecule has 3 aromatic rings. The molecule has 3 aromatic carbocycles. The highest BCUT2D eigenvalue weighted by Crippen LogP contribution is 2.37. The van der Waals surface area contributed by atoms with Gasteiger partial charge in [-0.05, 0) is 40.8 Å². The van der Waals surface area contributed by atoms with Crippen LogP contribution in [0.25, 0.3) is 5.57 Å². The second kappa shape index (κ2) is 11.7. The van der Waals surface area contributed by atoms with Gasteiger partial charge in [-0.25, -0.2) is 0 Å². The Morgan fingerprint density at radius 3 is 2.17 bits per heavy atom. The molecule has 0 spiro atoms. The second-order valence-corrected chi connectivity index (χ2v) is 9.16. The molecule has 0 amide bonds. The number of benzene rings is 3. The molecule has 1 fully saturated rings. The normalized spacial score (nSPS) is 19.2. The van der Waals surface area contributed by atoms with Crippen molar-refractivity contribution in [2.45, 2.75) is 24.8 Å². The fraction of sp³-hybridized carbons (Fsp3) is 0.267. The monoisotopic (exact) mass is 485 g/mol. The molecule has 0 unspecified atom stereocenters. The van der Waals surface area contributed by atoms with Gasteiger partial charge in [-0.3, -0.25) is 9.59 Å². The number of nitrogens with one attached hydrogen (secondary N) is 1. The van der Waals surface area contributed by atoms with Crippen LogP contribution in [0.5, 0.6) is 5.75 Å². The molecule has 0 saturated carbocycles. The highest BCUT2D eigenvalue weighted by Gasteiger charge is 2.42. The number of carboxylic acid groups (broad SMARTS) is 2. The molecule has 4 rings (SSSR count). The molecule has 6 heteroatoms. The first kappa shape index (κ1) is 25.2. The third-order valence-electron chi connectivity index (χ3n) is 6.91. The Morgan fingerprint density at radius 1 is 0.944 bits per heavy atom. The minimum Gasteiger partial charge on any atom is -0.494 e. The van der Waals surface area contributed by atoms with E-state index in [0.29, 0.717) is 18.9 Å². The van der Waals surface area contributed by atoms with Crippen molar-refractivity contribution in [1.29, 1.82) is 0 Å². The molecular weight excluding hydrogens is 454 g/mol. The van der Waals surface area contributed by atoms with Gasteiger partial charge < -0.3 is 20.3 Å². The van der Waals surface area contributed by atoms with Crippen LogP contribution < -0.4 is 10.1 Å². The van der Waals surface area contributed by atoms with Crippen LogP contribution in [0.15, 0.2) is 91.5 Å². The van der Waals surface area contributed by atoms with Crippen molar-refractivity contribution in [2.24, 2.45) is 11.8 Å².